The van der Waals surface area contributed by atoms with Crippen LogP contribution in [0.1, 0.15) is 50.7 Å². The minimum absolute atomic E-state index is 0. The number of benzene rings is 5. The molecule has 0 bridgehead atoms. The molecule has 47 heavy (non-hydrogen) atoms. The minimum Gasteiger partial charge on any atom is -0.358 e. The topological polar surface area (TPSA) is 0 Å². The van der Waals surface area contributed by atoms with Gasteiger partial charge in [-0.1, -0.05) is 142 Å². The van der Waals surface area contributed by atoms with Crippen molar-refractivity contribution in [1.29, 1.82) is 0 Å². The van der Waals surface area contributed by atoms with E-state index in [2.05, 4.69) is 174 Å². The van der Waals surface area contributed by atoms with Gasteiger partial charge in [0.05, 0.1) is 0 Å². The molecule has 0 amide bonds. The molecule has 0 aromatic heterocycles. The molecule has 0 fully saturated rings. The summed E-state index contributed by atoms with van der Waals surface area (Å²) in [6.07, 6.45) is 0. The molecule has 0 heterocycles. The van der Waals surface area contributed by atoms with Crippen LogP contribution in [0, 0.1) is 14.9 Å². The third kappa shape index (κ3) is 6.60. The van der Waals surface area contributed by atoms with Crippen molar-refractivity contribution in [2.45, 2.75) is 46.1 Å². The molecule has 7 rings (SSSR count). The summed E-state index contributed by atoms with van der Waals surface area (Å²) in [4.78, 5) is 0. The number of hydrogen-bond acceptors (Lipinski definition) is 0. The largest absolute Gasteiger partial charge is 4.00 e. The summed E-state index contributed by atoms with van der Waals surface area (Å²) in [5.41, 5.74) is 7.96. The Bertz CT molecular complexity index is 1930. The Balaban J connectivity index is 0.00000167. The summed E-state index contributed by atoms with van der Waals surface area (Å²) in [6.45, 7) is 11.6. The van der Waals surface area contributed by atoms with Crippen molar-refractivity contribution in [3.05, 3.63) is 166 Å². The number of hydrogen-bond donors (Lipinski definition) is 0. The van der Waals surface area contributed by atoms with Crippen LogP contribution < -0.4 is 15.6 Å². The van der Waals surface area contributed by atoms with Crippen molar-refractivity contribution in [1.82, 2.24) is 0 Å². The third-order valence-electron chi connectivity index (χ3n) is 9.78. The maximum Gasteiger partial charge on any atom is 4.00 e. The van der Waals surface area contributed by atoms with Gasteiger partial charge in [-0.2, -0.15) is 12.1 Å². The van der Waals surface area contributed by atoms with Gasteiger partial charge in [-0.25, -0.2) is 0 Å². The monoisotopic (exact) mass is 794 g/mol. The average Bonchev–Trinajstić information content (AvgIpc) is 3.70. The molecule has 0 atom stereocenters. The molecule has 7 aromatic carbocycles. The zero-order valence-electron chi connectivity index (χ0n) is 28.9. The van der Waals surface area contributed by atoms with E-state index in [4.69, 9.17) is 0 Å². The molecule has 0 unspecified atom stereocenters. The molecular formula is C45H46HfSi. The third-order valence-corrected chi connectivity index (χ3v) is 14.2. The molecule has 0 saturated carbocycles. The first-order valence-electron chi connectivity index (χ1n) is 16.0. The van der Waals surface area contributed by atoms with Gasteiger partial charge in [-0.05, 0) is 34.1 Å². The van der Waals surface area contributed by atoms with Crippen LogP contribution in [0.2, 0.25) is 6.55 Å². The first-order chi connectivity index (χ1) is 21.3. The van der Waals surface area contributed by atoms with Gasteiger partial charge >= 0.3 is 25.8 Å². The van der Waals surface area contributed by atoms with E-state index in [1.165, 1.54) is 70.5 Å². The average molecular weight is 793 g/mol. The Labute approximate surface area is 303 Å². The summed E-state index contributed by atoms with van der Waals surface area (Å²) in [5, 5.41) is 9.69. The molecule has 0 aliphatic carbocycles. The summed E-state index contributed by atoms with van der Waals surface area (Å²) in [7, 11) is -2.34. The maximum absolute atomic E-state index is 2.54. The van der Waals surface area contributed by atoms with Crippen LogP contribution in [-0.2, 0) is 25.8 Å². The van der Waals surface area contributed by atoms with Gasteiger partial charge < -0.3 is 14.9 Å². The fourth-order valence-corrected chi connectivity index (χ4v) is 10.5. The van der Waals surface area contributed by atoms with E-state index in [0.717, 1.165) is 0 Å². The summed E-state index contributed by atoms with van der Waals surface area (Å²) in [5.74, 6) is 1.06. The molecule has 234 valence electrons. The molecule has 0 radical (unpaired) electrons. The van der Waals surface area contributed by atoms with E-state index >= 15 is 0 Å². The van der Waals surface area contributed by atoms with E-state index < -0.39 is 8.07 Å². The first kappa shape index (κ1) is 36.2. The number of rotatable bonds is 7. The Morgan fingerprint density at radius 2 is 0.894 bits per heavy atom. The van der Waals surface area contributed by atoms with Crippen LogP contribution >= 0.6 is 0 Å². The zero-order valence-corrected chi connectivity index (χ0v) is 33.5. The maximum atomic E-state index is 2.54. The molecule has 2 heteroatoms. The fraction of sp³-hybridized carbons (Fsp3) is 0.156. The Morgan fingerprint density at radius 1 is 0.489 bits per heavy atom. The van der Waals surface area contributed by atoms with Crippen molar-refractivity contribution >= 4 is 45.2 Å². The molecule has 0 aliphatic rings. The van der Waals surface area contributed by atoms with E-state index in [9.17, 15) is 0 Å². The fourth-order valence-electron chi connectivity index (χ4n) is 6.92. The normalized spacial score (nSPS) is 11.4. The van der Waals surface area contributed by atoms with Crippen LogP contribution in [0.15, 0.2) is 140 Å². The van der Waals surface area contributed by atoms with Gasteiger partial charge in [0.1, 0.15) is 8.07 Å². The summed E-state index contributed by atoms with van der Waals surface area (Å²) >= 11 is 0. The van der Waals surface area contributed by atoms with E-state index in [0.29, 0.717) is 11.8 Å². The second kappa shape index (κ2) is 14.7. The molecule has 7 aromatic rings. The van der Waals surface area contributed by atoms with Crippen LogP contribution in [0.5, 0.6) is 0 Å². The number of fused-ring (bicyclic) bond motifs is 2. The molecule has 0 aliphatic heterocycles. The van der Waals surface area contributed by atoms with Gasteiger partial charge in [-0.3, -0.25) is 0 Å². The minimum atomic E-state index is -2.34. The van der Waals surface area contributed by atoms with Crippen molar-refractivity contribution in [2.24, 2.45) is 0 Å². The van der Waals surface area contributed by atoms with Gasteiger partial charge in [0, 0.05) is 0 Å². The second-order valence-corrected chi connectivity index (χ2v) is 17.1. The van der Waals surface area contributed by atoms with Gasteiger partial charge in [-0.15, -0.1) is 68.3 Å². The second-order valence-electron chi connectivity index (χ2n) is 13.1. The van der Waals surface area contributed by atoms with Crippen LogP contribution in [0.4, 0.5) is 0 Å². The molecular weight excluding hydrogens is 747 g/mol. The molecule has 0 spiro atoms. The zero-order chi connectivity index (χ0) is 30.4. The van der Waals surface area contributed by atoms with Gasteiger partial charge in [0.15, 0.2) is 0 Å². The van der Waals surface area contributed by atoms with Gasteiger partial charge in [0.2, 0.25) is 0 Å². The molecule has 0 nitrogen and oxygen atoms in total. The Morgan fingerprint density at radius 3 is 1.28 bits per heavy atom. The quantitative estimate of drug-likeness (QED) is 0.111. The van der Waals surface area contributed by atoms with Gasteiger partial charge in [0.25, 0.3) is 0 Å². The Kier molecular flexibility index (Phi) is 11.3. The Hall–Kier alpha value is -3.59. The standard InChI is InChI=1S/C43H40Si.2CH3.Hf/c1-29(2)31-17-21-33(22-18-31)40-15-9-11-35-25-38(27-42(35)40)44(5,37-13-7-6-8-14-37)39-26-36-12-10-16-41(43(36)28-39)34-23-19-32(20-24-34)30(3)4;;;/h6-30H,1-5H3;2*1H3;/q-2;2*-1;+4. The van der Waals surface area contributed by atoms with Crippen molar-refractivity contribution in [2.75, 3.05) is 0 Å². The first-order valence-corrected chi connectivity index (χ1v) is 18.5. The predicted octanol–water partition coefficient (Wildman–Crippen LogP) is 11.0. The predicted molar refractivity (Wildman–Crippen MR) is 208 cm³/mol. The van der Waals surface area contributed by atoms with Crippen LogP contribution in [0.25, 0.3) is 43.8 Å². The molecule has 0 saturated heterocycles. The van der Waals surface area contributed by atoms with Crippen molar-refractivity contribution in [3.63, 3.8) is 0 Å². The van der Waals surface area contributed by atoms with E-state index in [1.54, 1.807) is 0 Å². The van der Waals surface area contributed by atoms with Crippen LogP contribution in [-0.4, -0.2) is 8.07 Å². The van der Waals surface area contributed by atoms with E-state index in [-0.39, 0.29) is 40.7 Å². The molecule has 0 N–H and O–H groups in total. The van der Waals surface area contributed by atoms with Crippen LogP contribution in [0.3, 0.4) is 0 Å². The SMILES string of the molecule is CC(C)c1ccc(-c2cccc3[cH-]c([Si](C)(c4ccccc4)c4cc5c(-c6ccc(C(C)C)cc6)cccc5[cH-]4)cc23)cc1.[CH3-].[CH3-].[Hf+4]. The van der Waals surface area contributed by atoms with E-state index in [1.807, 2.05) is 0 Å². The summed E-state index contributed by atoms with van der Waals surface area (Å²) in [6, 6.07) is 53.1. The summed E-state index contributed by atoms with van der Waals surface area (Å²) < 4.78 is 0. The van der Waals surface area contributed by atoms with Crippen molar-refractivity contribution < 1.29 is 25.8 Å². The van der Waals surface area contributed by atoms with Crippen molar-refractivity contribution in [3.8, 4) is 22.3 Å². The smallest absolute Gasteiger partial charge is 0.358 e.